The number of para-hydroxylation sites is 1. The zero-order valence-corrected chi connectivity index (χ0v) is 26.1. The van der Waals surface area contributed by atoms with Gasteiger partial charge in [-0.05, 0) is 79.1 Å². The van der Waals surface area contributed by atoms with Crippen molar-refractivity contribution in [2.45, 2.75) is 75.8 Å². The van der Waals surface area contributed by atoms with Crippen LogP contribution in [0.1, 0.15) is 91.0 Å². The quantitative estimate of drug-likeness (QED) is 0.145. The van der Waals surface area contributed by atoms with E-state index in [1.54, 1.807) is 6.08 Å². The third-order valence-corrected chi connectivity index (χ3v) is 10.3. The Balaban J connectivity index is 1.19. The Morgan fingerprint density at radius 3 is 2.60 bits per heavy atom. The van der Waals surface area contributed by atoms with Crippen molar-refractivity contribution in [2.24, 2.45) is 0 Å². The summed E-state index contributed by atoms with van der Waals surface area (Å²) < 4.78 is 2.12. The van der Waals surface area contributed by atoms with Gasteiger partial charge in [-0.3, -0.25) is 9.59 Å². The largest absolute Gasteiger partial charge is 0.478 e. The predicted molar refractivity (Wildman–Crippen MR) is 182 cm³/mol. The van der Waals surface area contributed by atoms with Crippen molar-refractivity contribution in [2.75, 3.05) is 5.32 Å². The number of imidazole rings is 1. The van der Waals surface area contributed by atoms with Gasteiger partial charge in [0.15, 0.2) is 0 Å². The number of hydrogen-bond acceptors (Lipinski definition) is 4. The Kier molecular flexibility index (Phi) is 7.19. The van der Waals surface area contributed by atoms with Crippen LogP contribution in [0.2, 0.25) is 0 Å². The van der Waals surface area contributed by atoms with Crippen LogP contribution in [0.25, 0.3) is 39.3 Å². The number of hydrogen-bond donors (Lipinski definition) is 4. The molecule has 3 aliphatic rings. The number of nitrogens with one attached hydrogen (secondary N) is 3. The highest BCUT2D eigenvalue weighted by molar-refractivity contribution is 6.05. The van der Waals surface area contributed by atoms with E-state index in [0.717, 1.165) is 89.0 Å². The highest BCUT2D eigenvalue weighted by Crippen LogP contribution is 2.47. The van der Waals surface area contributed by atoms with Crippen molar-refractivity contribution in [3.63, 3.8) is 0 Å². The molecule has 9 heteroatoms. The van der Waals surface area contributed by atoms with E-state index in [1.807, 2.05) is 48.5 Å². The Morgan fingerprint density at radius 2 is 1.79 bits per heavy atom. The maximum atomic E-state index is 14.1. The van der Waals surface area contributed by atoms with Gasteiger partial charge >= 0.3 is 5.97 Å². The highest BCUT2D eigenvalue weighted by atomic mass is 16.4. The average Bonchev–Trinajstić information content (AvgIpc) is 3.78. The minimum Gasteiger partial charge on any atom is -0.478 e. The van der Waals surface area contributed by atoms with Crippen molar-refractivity contribution in [3.05, 3.63) is 89.3 Å². The molecule has 0 bridgehead atoms. The van der Waals surface area contributed by atoms with Gasteiger partial charge in [0.1, 0.15) is 12.4 Å². The van der Waals surface area contributed by atoms with Crippen molar-refractivity contribution in [3.8, 4) is 11.3 Å². The number of aromatic nitrogens is 3. The van der Waals surface area contributed by atoms with E-state index < -0.39 is 11.5 Å². The van der Waals surface area contributed by atoms with Gasteiger partial charge in [0, 0.05) is 22.6 Å². The molecule has 0 saturated heterocycles. The Hall–Kier alpha value is -5.18. The topological polar surface area (TPSA) is 129 Å². The minimum absolute atomic E-state index is 0.0745. The zero-order chi connectivity index (χ0) is 32.1. The number of aliphatic carboxylic acids is 1. The minimum atomic E-state index is -1.00. The monoisotopic (exact) mass is 627 g/mol. The first-order chi connectivity index (χ1) is 22.9. The zero-order valence-electron chi connectivity index (χ0n) is 26.1. The molecule has 2 aromatic heterocycles. The van der Waals surface area contributed by atoms with Gasteiger partial charge in [0.05, 0.1) is 33.5 Å². The van der Waals surface area contributed by atoms with E-state index >= 15 is 0 Å². The van der Waals surface area contributed by atoms with Crippen molar-refractivity contribution in [1.82, 2.24) is 19.9 Å². The van der Waals surface area contributed by atoms with Gasteiger partial charge in [0.25, 0.3) is 5.91 Å². The van der Waals surface area contributed by atoms with Gasteiger partial charge in [-0.1, -0.05) is 62.4 Å². The van der Waals surface area contributed by atoms with Gasteiger partial charge < -0.3 is 25.3 Å². The number of benzene rings is 3. The van der Waals surface area contributed by atoms with Crippen molar-refractivity contribution >= 4 is 51.5 Å². The summed E-state index contributed by atoms with van der Waals surface area (Å²) in [4.78, 5) is 46.7. The number of rotatable bonds is 6. The van der Waals surface area contributed by atoms with Crippen LogP contribution in [0.15, 0.2) is 66.7 Å². The molecule has 4 N–H and O–H groups in total. The van der Waals surface area contributed by atoms with E-state index in [9.17, 15) is 14.4 Å². The standard InChI is InChI=1S/C38H37N5O4/c44-32-22-43-31-21-25(14-15-27(31)34(24-8-2-1-3-9-24)35(43)26-10-4-5-11-28(26)39-32)36(47)42-38(18-6-7-19-38)37-40-29-16-12-23(13-17-33(45)46)20-30(29)41-37/h4-5,10-17,20-21,24H,1-3,6-9,18-19,22H2,(H,39,44)(H,40,41)(H,42,47)(H,45,46). The second-order valence-corrected chi connectivity index (χ2v) is 13.3. The molecule has 1 aliphatic heterocycles. The fourth-order valence-electron chi connectivity index (χ4n) is 8.12. The third kappa shape index (κ3) is 5.19. The summed E-state index contributed by atoms with van der Waals surface area (Å²) in [5, 5.41) is 16.6. The molecular weight excluding hydrogens is 590 g/mol. The van der Waals surface area contributed by atoms with Crippen LogP contribution in [-0.2, 0) is 21.7 Å². The number of H-pyrrole nitrogens is 1. The van der Waals surface area contributed by atoms with Crippen LogP contribution in [0, 0.1) is 0 Å². The van der Waals surface area contributed by atoms with Gasteiger partial charge in [-0.25, -0.2) is 9.78 Å². The maximum Gasteiger partial charge on any atom is 0.328 e. The van der Waals surface area contributed by atoms with E-state index in [-0.39, 0.29) is 18.4 Å². The summed E-state index contributed by atoms with van der Waals surface area (Å²) in [7, 11) is 0. The predicted octanol–water partition coefficient (Wildman–Crippen LogP) is 7.48. The van der Waals surface area contributed by atoms with E-state index in [4.69, 9.17) is 10.1 Å². The Morgan fingerprint density at radius 1 is 0.979 bits per heavy atom. The SMILES string of the molecule is O=C(O)C=Cc1ccc2nc(C3(NC(=O)c4ccc5c(C6CCCCC6)c6n(c5c4)CC(=O)Nc4ccccc4-6)CCCC3)[nH]c2c1. The van der Waals surface area contributed by atoms with Crippen molar-refractivity contribution < 1.29 is 19.5 Å². The smallest absolute Gasteiger partial charge is 0.328 e. The van der Waals surface area contributed by atoms with Crippen LogP contribution in [0.5, 0.6) is 0 Å². The molecule has 8 rings (SSSR count). The van der Waals surface area contributed by atoms with Crippen LogP contribution < -0.4 is 10.6 Å². The first-order valence-corrected chi connectivity index (χ1v) is 16.7. The normalized spacial score (nSPS) is 17.8. The number of carboxylic acids is 1. The fraction of sp³-hybridized carbons (Fsp3) is 0.316. The van der Waals surface area contributed by atoms with Crippen molar-refractivity contribution in [1.29, 1.82) is 0 Å². The molecule has 238 valence electrons. The molecule has 2 fully saturated rings. The number of aromatic amines is 1. The summed E-state index contributed by atoms with van der Waals surface area (Å²) in [5.74, 6) is -0.139. The molecular formula is C38H37N5O4. The molecule has 2 amide bonds. The first-order valence-electron chi connectivity index (χ1n) is 16.7. The lowest BCUT2D eigenvalue weighted by molar-refractivity contribution is -0.131. The fourth-order valence-corrected chi connectivity index (χ4v) is 8.12. The van der Waals surface area contributed by atoms with Crippen LogP contribution in [-0.4, -0.2) is 37.4 Å². The molecule has 0 atom stereocenters. The Bertz CT molecular complexity index is 2090. The number of carboxylic acid groups (broad SMARTS) is 1. The molecule has 0 unspecified atom stereocenters. The number of carbonyl (C=O) groups excluding carboxylic acids is 2. The molecule has 3 heterocycles. The summed E-state index contributed by atoms with van der Waals surface area (Å²) >= 11 is 0. The van der Waals surface area contributed by atoms with E-state index in [2.05, 4.69) is 32.3 Å². The van der Waals surface area contributed by atoms with E-state index in [1.165, 1.54) is 24.8 Å². The molecule has 3 aromatic carbocycles. The lowest BCUT2D eigenvalue weighted by Crippen LogP contribution is -2.44. The molecule has 5 aromatic rings. The molecule has 2 saturated carbocycles. The highest BCUT2D eigenvalue weighted by Gasteiger charge is 2.40. The van der Waals surface area contributed by atoms with Gasteiger partial charge in [-0.2, -0.15) is 0 Å². The van der Waals surface area contributed by atoms with Crippen LogP contribution in [0.4, 0.5) is 5.69 Å². The van der Waals surface area contributed by atoms with Crippen LogP contribution >= 0.6 is 0 Å². The molecule has 0 spiro atoms. The maximum absolute atomic E-state index is 14.1. The third-order valence-electron chi connectivity index (χ3n) is 10.3. The number of fused-ring (bicyclic) bond motifs is 6. The first kappa shape index (κ1) is 29.2. The average molecular weight is 628 g/mol. The lowest BCUT2D eigenvalue weighted by atomic mass is 9.81. The summed E-state index contributed by atoms with van der Waals surface area (Å²) in [5.41, 5.74) is 7.35. The van der Waals surface area contributed by atoms with Gasteiger partial charge in [0.2, 0.25) is 5.91 Å². The number of anilines is 1. The lowest BCUT2D eigenvalue weighted by Gasteiger charge is -2.28. The molecule has 9 nitrogen and oxygen atoms in total. The summed E-state index contributed by atoms with van der Waals surface area (Å²) in [6, 6.07) is 19.6. The number of amides is 2. The number of carbonyl (C=O) groups is 3. The Labute approximate surface area is 272 Å². The second kappa shape index (κ2) is 11.6. The second-order valence-electron chi connectivity index (χ2n) is 13.3. The summed E-state index contributed by atoms with van der Waals surface area (Å²) in [6.45, 7) is 0.185. The van der Waals surface area contributed by atoms with Gasteiger partial charge in [-0.15, -0.1) is 0 Å². The molecule has 47 heavy (non-hydrogen) atoms. The van der Waals surface area contributed by atoms with Crippen LogP contribution in [0.3, 0.4) is 0 Å². The van der Waals surface area contributed by atoms with E-state index in [0.29, 0.717) is 17.3 Å². The number of nitrogens with zero attached hydrogens (tertiary/aromatic N) is 2. The summed E-state index contributed by atoms with van der Waals surface area (Å²) in [6.07, 6.45) is 12.0. The molecule has 0 radical (unpaired) electrons. The molecule has 2 aliphatic carbocycles.